The van der Waals surface area contributed by atoms with Crippen molar-refractivity contribution in [1.29, 1.82) is 0 Å². The lowest BCUT2D eigenvalue weighted by Crippen LogP contribution is -2.51. The quantitative estimate of drug-likeness (QED) is 0.739. The fraction of sp³-hybridized carbons (Fsp3) is 0.600. The molecule has 0 atom stereocenters. The Hall–Kier alpha value is -2.44. The fourth-order valence-corrected chi connectivity index (χ4v) is 2.97. The molecule has 0 aromatic heterocycles. The molecule has 0 spiro atoms. The summed E-state index contributed by atoms with van der Waals surface area (Å²) < 4.78 is 5.12. The molecule has 0 saturated carbocycles. The molecule has 1 aromatic rings. The Labute approximate surface area is 161 Å². The summed E-state index contributed by atoms with van der Waals surface area (Å²) in [5, 5.41) is 8.79. The first-order valence-corrected chi connectivity index (χ1v) is 9.48. The normalized spacial score (nSPS) is 15.2. The summed E-state index contributed by atoms with van der Waals surface area (Å²) >= 11 is 0. The number of carbonyl (C=O) groups is 2. The van der Waals surface area contributed by atoms with Crippen LogP contribution in [0.25, 0.3) is 0 Å². The molecule has 0 bridgehead atoms. The second-order valence-corrected chi connectivity index (χ2v) is 8.02. The average molecular weight is 377 g/mol. The summed E-state index contributed by atoms with van der Waals surface area (Å²) in [7, 11) is 1.63. The van der Waals surface area contributed by atoms with E-state index in [1.807, 2.05) is 49.9 Å². The molecule has 0 unspecified atom stereocenters. The van der Waals surface area contributed by atoms with Crippen molar-refractivity contribution < 1.29 is 14.3 Å². The van der Waals surface area contributed by atoms with E-state index in [0.29, 0.717) is 19.0 Å². The monoisotopic (exact) mass is 376 g/mol. The molecule has 150 valence electrons. The molecule has 27 heavy (non-hydrogen) atoms. The van der Waals surface area contributed by atoms with Crippen molar-refractivity contribution in [3.8, 4) is 5.75 Å². The zero-order valence-electron chi connectivity index (χ0n) is 16.8. The number of benzene rings is 1. The highest BCUT2D eigenvalue weighted by atomic mass is 16.5. The van der Waals surface area contributed by atoms with Crippen LogP contribution in [0.2, 0.25) is 0 Å². The molecule has 7 heteroatoms. The van der Waals surface area contributed by atoms with E-state index in [1.54, 1.807) is 7.11 Å². The molecule has 1 saturated heterocycles. The van der Waals surface area contributed by atoms with Gasteiger partial charge in [0.2, 0.25) is 0 Å². The van der Waals surface area contributed by atoms with E-state index in [4.69, 9.17) is 4.74 Å². The number of nitrogens with one attached hydrogen (secondary N) is 3. The maximum atomic E-state index is 12.2. The van der Waals surface area contributed by atoms with Crippen molar-refractivity contribution in [2.24, 2.45) is 5.92 Å². The summed E-state index contributed by atoms with van der Waals surface area (Å²) in [6.07, 6.45) is 1.80. The van der Waals surface area contributed by atoms with Gasteiger partial charge in [-0.25, -0.2) is 9.59 Å². The second kappa shape index (κ2) is 9.48. The van der Waals surface area contributed by atoms with E-state index in [2.05, 4.69) is 16.0 Å². The van der Waals surface area contributed by atoms with Gasteiger partial charge in [-0.05, 0) is 57.2 Å². The number of carbonyl (C=O) groups excluding carboxylic acids is 2. The Kier molecular flexibility index (Phi) is 7.33. The molecule has 1 aliphatic heterocycles. The van der Waals surface area contributed by atoms with E-state index in [9.17, 15) is 9.59 Å². The zero-order valence-corrected chi connectivity index (χ0v) is 16.8. The predicted octanol–water partition coefficient (Wildman–Crippen LogP) is 2.71. The number of ether oxygens (including phenoxy) is 1. The number of piperidine rings is 1. The Morgan fingerprint density at radius 2 is 1.74 bits per heavy atom. The number of rotatable bonds is 5. The highest BCUT2D eigenvalue weighted by molar-refractivity contribution is 5.75. The van der Waals surface area contributed by atoms with Gasteiger partial charge < -0.3 is 25.6 Å². The van der Waals surface area contributed by atoms with Crippen molar-refractivity contribution in [3.05, 3.63) is 29.8 Å². The van der Waals surface area contributed by atoms with Crippen molar-refractivity contribution in [1.82, 2.24) is 20.9 Å². The molecule has 7 nitrogen and oxygen atoms in total. The van der Waals surface area contributed by atoms with Gasteiger partial charge in [-0.2, -0.15) is 0 Å². The van der Waals surface area contributed by atoms with E-state index in [-0.39, 0.29) is 17.6 Å². The first-order chi connectivity index (χ1) is 12.8. The average Bonchev–Trinajstić information content (AvgIpc) is 2.64. The van der Waals surface area contributed by atoms with Crippen LogP contribution in [0.4, 0.5) is 9.59 Å². The van der Waals surface area contributed by atoms with Crippen molar-refractivity contribution >= 4 is 12.1 Å². The predicted molar refractivity (Wildman–Crippen MR) is 106 cm³/mol. The van der Waals surface area contributed by atoms with E-state index in [0.717, 1.165) is 37.2 Å². The van der Waals surface area contributed by atoms with Gasteiger partial charge >= 0.3 is 12.1 Å². The van der Waals surface area contributed by atoms with E-state index < -0.39 is 0 Å². The molecular formula is C20H32N4O3. The first-order valence-electron chi connectivity index (χ1n) is 9.48. The van der Waals surface area contributed by atoms with Crippen LogP contribution in [0.1, 0.15) is 39.2 Å². The number of likely N-dealkylation sites (tertiary alicyclic amines) is 1. The zero-order chi connectivity index (χ0) is 19.9. The number of urea groups is 2. The SMILES string of the molecule is COc1ccc(CNC(=O)NCC2CCN(C(=O)NC(C)(C)C)CC2)cc1. The minimum Gasteiger partial charge on any atom is -0.497 e. The molecule has 1 heterocycles. The van der Waals surface area contributed by atoms with Gasteiger partial charge in [0.15, 0.2) is 0 Å². The van der Waals surface area contributed by atoms with Crippen LogP contribution in [0.3, 0.4) is 0 Å². The lowest BCUT2D eigenvalue weighted by atomic mass is 9.97. The topological polar surface area (TPSA) is 82.7 Å². The summed E-state index contributed by atoms with van der Waals surface area (Å²) in [6.45, 7) is 8.48. The lowest BCUT2D eigenvalue weighted by Gasteiger charge is -2.34. The maximum Gasteiger partial charge on any atom is 0.317 e. The van der Waals surface area contributed by atoms with Gasteiger partial charge in [0.25, 0.3) is 0 Å². The fourth-order valence-electron chi connectivity index (χ4n) is 2.97. The smallest absolute Gasteiger partial charge is 0.317 e. The van der Waals surface area contributed by atoms with E-state index in [1.165, 1.54) is 0 Å². The molecule has 0 radical (unpaired) electrons. The third-order valence-corrected chi connectivity index (χ3v) is 4.55. The lowest BCUT2D eigenvalue weighted by molar-refractivity contribution is 0.162. The number of amides is 4. The Morgan fingerprint density at radius 3 is 2.30 bits per heavy atom. The molecule has 0 aliphatic carbocycles. The van der Waals surface area contributed by atoms with Gasteiger partial charge in [0, 0.05) is 31.7 Å². The summed E-state index contributed by atoms with van der Waals surface area (Å²) in [6, 6.07) is 7.43. The highest BCUT2D eigenvalue weighted by Crippen LogP contribution is 2.17. The first kappa shape index (κ1) is 20.9. The Morgan fingerprint density at radius 1 is 1.11 bits per heavy atom. The Balaban J connectivity index is 1.64. The number of methoxy groups -OCH3 is 1. The van der Waals surface area contributed by atoms with Gasteiger partial charge in [-0.3, -0.25) is 0 Å². The maximum absolute atomic E-state index is 12.2. The standard InChI is InChI=1S/C20H32N4O3/c1-20(2,3)23-19(26)24-11-9-16(10-12-24)14-22-18(25)21-13-15-5-7-17(27-4)8-6-15/h5-8,16H,9-14H2,1-4H3,(H,23,26)(H2,21,22,25). The van der Waals surface area contributed by atoms with Gasteiger partial charge in [-0.15, -0.1) is 0 Å². The molecule has 3 N–H and O–H groups in total. The minimum atomic E-state index is -0.225. The van der Waals surface area contributed by atoms with Crippen molar-refractivity contribution in [2.45, 2.75) is 45.7 Å². The van der Waals surface area contributed by atoms with Crippen molar-refractivity contribution in [3.63, 3.8) is 0 Å². The number of hydrogen-bond acceptors (Lipinski definition) is 3. The van der Waals surface area contributed by atoms with Crippen LogP contribution < -0.4 is 20.7 Å². The van der Waals surface area contributed by atoms with E-state index >= 15 is 0 Å². The van der Waals surface area contributed by atoms with Crippen LogP contribution in [-0.4, -0.2) is 49.2 Å². The summed E-state index contributed by atoms with van der Waals surface area (Å²) in [5.41, 5.74) is 0.793. The van der Waals surface area contributed by atoms with Crippen LogP contribution in [0.15, 0.2) is 24.3 Å². The third kappa shape index (κ3) is 7.37. The number of hydrogen-bond donors (Lipinski definition) is 3. The largest absolute Gasteiger partial charge is 0.497 e. The van der Waals surface area contributed by atoms with Gasteiger partial charge in [0.05, 0.1) is 7.11 Å². The molecular weight excluding hydrogens is 344 g/mol. The molecule has 1 aliphatic rings. The van der Waals surface area contributed by atoms with Gasteiger partial charge in [-0.1, -0.05) is 12.1 Å². The number of nitrogens with zero attached hydrogens (tertiary/aromatic N) is 1. The minimum absolute atomic E-state index is 0.00820. The summed E-state index contributed by atoms with van der Waals surface area (Å²) in [5.74, 6) is 1.20. The second-order valence-electron chi connectivity index (χ2n) is 8.02. The molecule has 2 rings (SSSR count). The molecule has 4 amide bonds. The van der Waals surface area contributed by atoms with Crippen LogP contribution >= 0.6 is 0 Å². The van der Waals surface area contributed by atoms with Crippen LogP contribution in [0, 0.1) is 5.92 Å². The van der Waals surface area contributed by atoms with Crippen molar-refractivity contribution in [2.75, 3.05) is 26.7 Å². The molecule has 1 fully saturated rings. The Bertz CT molecular complexity index is 617. The third-order valence-electron chi connectivity index (χ3n) is 4.55. The highest BCUT2D eigenvalue weighted by Gasteiger charge is 2.25. The molecule has 1 aromatic carbocycles. The summed E-state index contributed by atoms with van der Waals surface area (Å²) in [4.78, 5) is 26.0. The van der Waals surface area contributed by atoms with Crippen LogP contribution in [-0.2, 0) is 6.54 Å². The van der Waals surface area contributed by atoms with Crippen LogP contribution in [0.5, 0.6) is 5.75 Å². The van der Waals surface area contributed by atoms with Gasteiger partial charge in [0.1, 0.15) is 5.75 Å².